The zero-order valence-electron chi connectivity index (χ0n) is 46.0. The van der Waals surface area contributed by atoms with Crippen LogP contribution in [0, 0.1) is 0 Å². The molecule has 4 aromatic rings. The minimum atomic E-state index is -1.28. The first-order valence-corrected chi connectivity index (χ1v) is 26.0. The largest absolute Gasteiger partial charge is 0.494 e. The van der Waals surface area contributed by atoms with E-state index in [0.717, 1.165) is 33.2 Å². The number of hydrogen-bond donors (Lipinski definition) is 0. The van der Waals surface area contributed by atoms with E-state index in [1.165, 1.54) is 0 Å². The van der Waals surface area contributed by atoms with E-state index >= 15 is 0 Å². The van der Waals surface area contributed by atoms with Crippen molar-refractivity contribution in [1.82, 2.24) is 0 Å². The molecule has 0 unspecified atom stereocenters. The predicted octanol–water partition coefficient (Wildman–Crippen LogP) is 7.12. The molecule has 4 aromatic carbocycles. The van der Waals surface area contributed by atoms with Gasteiger partial charge in [-0.15, -0.1) is 0 Å². The molecule has 1 aliphatic carbocycles. The summed E-state index contributed by atoms with van der Waals surface area (Å²) in [6, 6.07) is 23.6. The van der Waals surface area contributed by atoms with Crippen LogP contribution in [0.1, 0.15) is 112 Å². The molecule has 18 heteroatoms. The number of hydrogen-bond acceptors (Lipinski definition) is 16. The molecule has 16 nitrogen and oxygen atoms in total. The third-order valence-electron chi connectivity index (χ3n) is 14.6. The highest BCUT2D eigenvalue weighted by molar-refractivity contribution is 6.62. The first-order valence-electron chi connectivity index (χ1n) is 26.0. The van der Waals surface area contributed by atoms with Gasteiger partial charge in [-0.2, -0.15) is 0 Å². The zero-order valence-corrected chi connectivity index (χ0v) is 46.0. The second kappa shape index (κ2) is 25.1. The Morgan fingerprint density at radius 2 is 0.773 bits per heavy atom. The van der Waals surface area contributed by atoms with Crippen LogP contribution in [0.5, 0.6) is 11.5 Å². The monoisotopic (exact) mass is 1040 g/mol. The van der Waals surface area contributed by atoms with E-state index < -0.39 is 54.0 Å². The topological polar surface area (TPSA) is 163 Å². The van der Waals surface area contributed by atoms with Crippen molar-refractivity contribution in [2.24, 2.45) is 0 Å². The van der Waals surface area contributed by atoms with Crippen LogP contribution >= 0.6 is 0 Å². The van der Waals surface area contributed by atoms with Crippen molar-refractivity contribution >= 4 is 37.1 Å². The Bertz CT molecular complexity index is 2370. The molecule has 0 saturated carbocycles. The molecule has 0 N–H and O–H groups in total. The Labute approximate surface area is 443 Å². The molecule has 0 bridgehead atoms. The average molecular weight is 1040 g/mol. The summed E-state index contributed by atoms with van der Waals surface area (Å²) in [4.78, 5) is 28.6. The molecule has 0 aromatic heterocycles. The lowest BCUT2D eigenvalue weighted by atomic mass is 9.64. The van der Waals surface area contributed by atoms with Gasteiger partial charge in [0.25, 0.3) is 0 Å². The fourth-order valence-corrected chi connectivity index (χ4v) is 9.26. The van der Waals surface area contributed by atoms with E-state index in [9.17, 15) is 9.59 Å². The minimum absolute atomic E-state index is 0.123. The van der Waals surface area contributed by atoms with Gasteiger partial charge in [-0.25, -0.2) is 9.59 Å². The number of rotatable bonds is 28. The Hall–Kier alpha value is -4.85. The Kier molecular flexibility index (Phi) is 19.3. The number of esters is 2. The maximum atomic E-state index is 14.3. The first-order chi connectivity index (χ1) is 35.9. The van der Waals surface area contributed by atoms with Gasteiger partial charge in [0.05, 0.1) is 107 Å². The molecule has 2 saturated heterocycles. The molecule has 2 aliphatic heterocycles. The number of benzene rings is 4. The summed E-state index contributed by atoms with van der Waals surface area (Å²) in [7, 11) is 1.79. The summed E-state index contributed by atoms with van der Waals surface area (Å²) in [5.41, 5.74) is 3.00. The lowest BCUT2D eigenvalue weighted by molar-refractivity contribution is 0.00578. The van der Waals surface area contributed by atoms with Crippen molar-refractivity contribution in [1.29, 1.82) is 0 Å². The van der Waals surface area contributed by atoms with Crippen molar-refractivity contribution in [2.75, 3.05) is 107 Å². The van der Waals surface area contributed by atoms with E-state index in [1.807, 2.05) is 91.8 Å². The molecule has 0 spiro atoms. The van der Waals surface area contributed by atoms with E-state index in [2.05, 4.69) is 24.3 Å². The highest BCUT2D eigenvalue weighted by Crippen LogP contribution is 2.57. The van der Waals surface area contributed by atoms with Crippen LogP contribution in [0.2, 0.25) is 0 Å². The van der Waals surface area contributed by atoms with Gasteiger partial charge in [-0.1, -0.05) is 48.5 Å². The van der Waals surface area contributed by atoms with E-state index in [4.69, 9.17) is 66.0 Å². The Morgan fingerprint density at radius 1 is 0.440 bits per heavy atom. The number of fused-ring (bicyclic) bond motifs is 3. The van der Waals surface area contributed by atoms with E-state index in [1.54, 1.807) is 40.2 Å². The summed E-state index contributed by atoms with van der Waals surface area (Å²) in [6.45, 7) is 24.1. The molecule has 2 fully saturated rings. The van der Waals surface area contributed by atoms with Crippen molar-refractivity contribution in [3.05, 3.63) is 106 Å². The molecular formula is C57H76B2O16. The second-order valence-corrected chi connectivity index (χ2v) is 20.5. The molecule has 0 amide bonds. The normalized spacial score (nSPS) is 17.4. The van der Waals surface area contributed by atoms with Gasteiger partial charge in [0, 0.05) is 14.2 Å². The van der Waals surface area contributed by atoms with Crippen LogP contribution in [-0.2, 0) is 61.9 Å². The van der Waals surface area contributed by atoms with E-state index in [0.29, 0.717) is 75.5 Å². The molecular weight excluding hydrogens is 962 g/mol. The molecule has 75 heavy (non-hydrogen) atoms. The second-order valence-electron chi connectivity index (χ2n) is 20.5. The maximum Gasteiger partial charge on any atom is 0.494 e. The standard InChI is InChI=1S/C57H76B2O16/c1-13-68-51(60)45-35-39(15-21-49(45)70-33-31-66-29-27-64-25-23-62-11)57(40-16-22-50(46(36-40)52(61)69-14-2)71-34-32-67-30-28-65-26-24-63-12)47-37-41(58-72-53(3,4)54(5,6)73-58)17-19-43(47)44-20-18-42(38-48(44)57)59-74-55(7,8)56(9,10)75-59/h15-22,35-38H,13-14,23-34H2,1-12H3. The number of carbonyl (C=O) groups is 2. The average Bonchev–Trinajstić information content (AvgIpc) is 3.89. The SMILES string of the molecule is CCOC(=O)c1cc(C2(c3ccc(OCCOCCOCCOC)c(C(=O)OCC)c3)c3cc(B4OC(C)(C)C(C)(C)O4)ccc3-c3ccc(B4OC(C)(C)C(C)(C)O4)cc32)ccc1OCCOCCOCCOC. The van der Waals surface area contributed by atoms with Gasteiger partial charge < -0.3 is 66.0 Å². The molecule has 7 rings (SSSR count). The van der Waals surface area contributed by atoms with Crippen molar-refractivity contribution in [3.63, 3.8) is 0 Å². The number of carbonyl (C=O) groups excluding carboxylic acids is 2. The van der Waals surface area contributed by atoms with E-state index in [-0.39, 0.29) is 50.8 Å². The molecule has 2 heterocycles. The van der Waals surface area contributed by atoms with Crippen LogP contribution < -0.4 is 20.4 Å². The van der Waals surface area contributed by atoms with Crippen molar-refractivity contribution in [3.8, 4) is 22.6 Å². The molecule has 406 valence electrons. The quantitative estimate of drug-likeness (QED) is 0.0283. The minimum Gasteiger partial charge on any atom is -0.490 e. The fraction of sp³-hybridized carbons (Fsp3) is 0.544. The fourth-order valence-electron chi connectivity index (χ4n) is 9.26. The van der Waals surface area contributed by atoms with Crippen LogP contribution in [0.15, 0.2) is 72.8 Å². The number of methoxy groups -OCH3 is 2. The number of ether oxygens (including phenoxy) is 10. The third-order valence-corrected chi connectivity index (χ3v) is 14.6. The van der Waals surface area contributed by atoms with Crippen LogP contribution in [0.4, 0.5) is 0 Å². The van der Waals surface area contributed by atoms with Crippen molar-refractivity contribution < 1.29 is 75.6 Å². The molecule has 0 atom stereocenters. The van der Waals surface area contributed by atoms with Gasteiger partial charge in [0.2, 0.25) is 0 Å². The van der Waals surface area contributed by atoms with Gasteiger partial charge in [0.15, 0.2) is 0 Å². The van der Waals surface area contributed by atoms with Crippen LogP contribution in [-0.4, -0.2) is 155 Å². The summed E-state index contributed by atoms with van der Waals surface area (Å²) in [5, 5.41) is 0. The smallest absolute Gasteiger partial charge is 0.490 e. The van der Waals surface area contributed by atoms with Gasteiger partial charge in [-0.3, -0.25) is 0 Å². The molecule has 0 radical (unpaired) electrons. The molecule has 3 aliphatic rings. The van der Waals surface area contributed by atoms with Crippen molar-refractivity contribution in [2.45, 2.75) is 97.1 Å². The lowest BCUT2D eigenvalue weighted by Crippen LogP contribution is -2.41. The summed E-state index contributed by atoms with van der Waals surface area (Å²) < 4.78 is 83.7. The first kappa shape index (κ1) is 57.8. The Balaban J connectivity index is 1.41. The Morgan fingerprint density at radius 3 is 1.11 bits per heavy atom. The van der Waals surface area contributed by atoms with Gasteiger partial charge in [0.1, 0.15) is 35.8 Å². The third kappa shape index (κ3) is 12.6. The lowest BCUT2D eigenvalue weighted by Gasteiger charge is -2.35. The van der Waals surface area contributed by atoms with Gasteiger partial charge >= 0.3 is 26.2 Å². The maximum absolute atomic E-state index is 14.3. The zero-order chi connectivity index (χ0) is 54.0. The summed E-state index contributed by atoms with van der Waals surface area (Å²) in [6.07, 6.45) is 0. The predicted molar refractivity (Wildman–Crippen MR) is 285 cm³/mol. The summed E-state index contributed by atoms with van der Waals surface area (Å²) in [5.74, 6) is -0.538. The highest BCUT2D eigenvalue weighted by atomic mass is 16.7. The van der Waals surface area contributed by atoms with Crippen LogP contribution in [0.3, 0.4) is 0 Å². The van der Waals surface area contributed by atoms with Gasteiger partial charge in [-0.05, 0) is 138 Å². The summed E-state index contributed by atoms with van der Waals surface area (Å²) >= 11 is 0. The highest BCUT2D eigenvalue weighted by Gasteiger charge is 2.55. The van der Waals surface area contributed by atoms with Crippen LogP contribution in [0.25, 0.3) is 11.1 Å².